The van der Waals surface area contributed by atoms with Gasteiger partial charge in [-0.3, -0.25) is 0 Å². The van der Waals surface area contributed by atoms with Crippen molar-refractivity contribution < 1.29 is 4.42 Å². The Balaban J connectivity index is 0.979. The van der Waals surface area contributed by atoms with Gasteiger partial charge in [-0.1, -0.05) is 72.8 Å². The molecular formula is C41H30N4O. The van der Waals surface area contributed by atoms with Crippen molar-refractivity contribution in [1.29, 1.82) is 0 Å². The first-order chi connectivity index (χ1) is 22.7. The zero-order valence-electron chi connectivity index (χ0n) is 25.6. The molecule has 0 bridgehead atoms. The highest BCUT2D eigenvalue weighted by Gasteiger charge is 2.14. The van der Waals surface area contributed by atoms with Crippen LogP contribution in [-0.4, -0.2) is 19.3 Å². The lowest BCUT2D eigenvalue weighted by Crippen LogP contribution is -1.92. The number of aryl methyl sites for hydroxylation is 2. The summed E-state index contributed by atoms with van der Waals surface area (Å²) >= 11 is 0. The topological polar surface area (TPSA) is 48.8 Å². The molecule has 3 heterocycles. The highest BCUT2D eigenvalue weighted by molar-refractivity contribution is 6.10. The normalized spacial score (nSPS) is 11.8. The van der Waals surface area contributed by atoms with E-state index in [0.717, 1.165) is 28.8 Å². The van der Waals surface area contributed by atoms with Gasteiger partial charge in [0.15, 0.2) is 0 Å². The van der Waals surface area contributed by atoms with Gasteiger partial charge < -0.3 is 13.6 Å². The third-order valence-electron chi connectivity index (χ3n) is 9.36. The summed E-state index contributed by atoms with van der Waals surface area (Å²) in [6.07, 6.45) is 0. The zero-order valence-corrected chi connectivity index (χ0v) is 25.6. The SMILES string of the molecule is CCn1c2ccccc2c2cc(-c3ccc(-c4nnc(-c5ccc(-c6ccc7c(c6)c6ccccc6n7C)cc5)o4)cc3)ccc21. The lowest BCUT2D eigenvalue weighted by molar-refractivity contribution is 0.584. The van der Waals surface area contributed by atoms with Crippen molar-refractivity contribution in [3.8, 4) is 45.2 Å². The molecule has 0 N–H and O–H groups in total. The van der Waals surface area contributed by atoms with Gasteiger partial charge in [0.25, 0.3) is 0 Å². The molecular weight excluding hydrogens is 564 g/mol. The van der Waals surface area contributed by atoms with Crippen LogP contribution >= 0.6 is 0 Å². The maximum absolute atomic E-state index is 6.15. The Morgan fingerprint density at radius 3 is 1.46 bits per heavy atom. The van der Waals surface area contributed by atoms with Gasteiger partial charge in [0, 0.05) is 68.3 Å². The molecule has 0 spiro atoms. The first-order valence-electron chi connectivity index (χ1n) is 15.7. The van der Waals surface area contributed by atoms with Gasteiger partial charge in [-0.15, -0.1) is 10.2 Å². The summed E-state index contributed by atoms with van der Waals surface area (Å²) in [6, 6.07) is 47.3. The second-order valence-corrected chi connectivity index (χ2v) is 11.9. The second-order valence-electron chi connectivity index (χ2n) is 11.9. The standard InChI is InChI=1S/C41H30N4O/c1-3-45-38-11-7-5-9-33(38)35-25-31(21-23-39(35)45)27-14-18-29(19-15-27)41-43-42-40(46-41)28-16-12-26(13-17-28)30-20-22-37-34(24-30)32-8-4-6-10-36(32)44(37)2/h4-25H,3H2,1-2H3. The number of hydrogen-bond donors (Lipinski definition) is 0. The summed E-state index contributed by atoms with van der Waals surface area (Å²) in [5.74, 6) is 1.02. The van der Waals surface area contributed by atoms with Crippen molar-refractivity contribution in [2.24, 2.45) is 7.05 Å². The number of para-hydroxylation sites is 2. The van der Waals surface area contributed by atoms with Crippen LogP contribution in [0.3, 0.4) is 0 Å². The Bertz CT molecular complexity index is 2570. The molecule has 0 saturated carbocycles. The molecule has 0 amide bonds. The number of fused-ring (bicyclic) bond motifs is 6. The molecule has 0 unspecified atom stereocenters. The van der Waals surface area contributed by atoms with Crippen molar-refractivity contribution in [3.63, 3.8) is 0 Å². The maximum atomic E-state index is 6.15. The summed E-state index contributed by atoms with van der Waals surface area (Å²) in [4.78, 5) is 0. The van der Waals surface area contributed by atoms with Crippen LogP contribution < -0.4 is 0 Å². The fourth-order valence-corrected chi connectivity index (χ4v) is 6.99. The van der Waals surface area contributed by atoms with Gasteiger partial charge >= 0.3 is 0 Å². The fourth-order valence-electron chi connectivity index (χ4n) is 6.99. The van der Waals surface area contributed by atoms with Gasteiger partial charge in [0.05, 0.1) is 0 Å². The minimum Gasteiger partial charge on any atom is -0.416 e. The van der Waals surface area contributed by atoms with E-state index in [1.54, 1.807) is 0 Å². The van der Waals surface area contributed by atoms with Crippen LogP contribution in [0.2, 0.25) is 0 Å². The van der Waals surface area contributed by atoms with Crippen LogP contribution in [0.25, 0.3) is 88.8 Å². The van der Waals surface area contributed by atoms with Crippen LogP contribution in [0.15, 0.2) is 138 Å². The molecule has 220 valence electrons. The maximum Gasteiger partial charge on any atom is 0.248 e. The second kappa shape index (κ2) is 10.3. The molecule has 3 aromatic heterocycles. The van der Waals surface area contributed by atoms with E-state index in [9.17, 15) is 0 Å². The molecule has 0 aliphatic heterocycles. The molecule has 5 nitrogen and oxygen atoms in total. The number of rotatable bonds is 5. The summed E-state index contributed by atoms with van der Waals surface area (Å²) in [5.41, 5.74) is 11.5. The fraction of sp³-hybridized carbons (Fsp3) is 0.0732. The lowest BCUT2D eigenvalue weighted by atomic mass is 10.0. The molecule has 46 heavy (non-hydrogen) atoms. The Labute approximate surface area is 266 Å². The molecule has 0 saturated heterocycles. The van der Waals surface area contributed by atoms with Crippen molar-refractivity contribution >= 4 is 43.6 Å². The van der Waals surface area contributed by atoms with E-state index in [0.29, 0.717) is 11.8 Å². The average Bonchev–Trinajstić information content (AvgIpc) is 3.82. The molecule has 9 aromatic rings. The summed E-state index contributed by atoms with van der Waals surface area (Å²) in [6.45, 7) is 3.14. The first kappa shape index (κ1) is 26.5. The Kier molecular flexibility index (Phi) is 5.93. The van der Waals surface area contributed by atoms with E-state index in [1.807, 2.05) is 0 Å². The summed E-state index contributed by atoms with van der Waals surface area (Å²) < 4.78 is 10.8. The first-order valence-corrected chi connectivity index (χ1v) is 15.7. The van der Waals surface area contributed by atoms with E-state index in [2.05, 4.69) is 167 Å². The van der Waals surface area contributed by atoms with E-state index >= 15 is 0 Å². The van der Waals surface area contributed by atoms with Gasteiger partial charge in [0.2, 0.25) is 11.8 Å². The van der Waals surface area contributed by atoms with Crippen LogP contribution in [0.1, 0.15) is 6.92 Å². The van der Waals surface area contributed by atoms with E-state index in [-0.39, 0.29) is 0 Å². The van der Waals surface area contributed by atoms with Crippen molar-refractivity contribution in [3.05, 3.63) is 133 Å². The van der Waals surface area contributed by atoms with E-state index in [1.165, 1.54) is 54.7 Å². The third-order valence-corrected chi connectivity index (χ3v) is 9.36. The number of aromatic nitrogens is 4. The zero-order chi connectivity index (χ0) is 30.8. The van der Waals surface area contributed by atoms with Crippen molar-refractivity contribution in [1.82, 2.24) is 19.3 Å². The Hall–Kier alpha value is -5.94. The molecule has 9 rings (SSSR count). The molecule has 0 radical (unpaired) electrons. The summed E-state index contributed by atoms with van der Waals surface area (Å²) in [5, 5.41) is 13.8. The lowest BCUT2D eigenvalue weighted by Gasteiger charge is -2.05. The third kappa shape index (κ3) is 4.09. The van der Waals surface area contributed by atoms with Crippen LogP contribution in [0, 0.1) is 0 Å². The smallest absolute Gasteiger partial charge is 0.248 e. The molecule has 0 atom stereocenters. The molecule has 0 aliphatic rings. The van der Waals surface area contributed by atoms with Gasteiger partial charge in [0.1, 0.15) is 0 Å². The predicted molar refractivity (Wildman–Crippen MR) is 189 cm³/mol. The van der Waals surface area contributed by atoms with E-state index in [4.69, 9.17) is 4.42 Å². The predicted octanol–water partition coefficient (Wildman–Crippen LogP) is 10.5. The van der Waals surface area contributed by atoms with Crippen LogP contribution in [0.5, 0.6) is 0 Å². The number of nitrogens with zero attached hydrogens (tertiary/aromatic N) is 4. The largest absolute Gasteiger partial charge is 0.416 e. The summed E-state index contributed by atoms with van der Waals surface area (Å²) in [7, 11) is 2.12. The van der Waals surface area contributed by atoms with E-state index < -0.39 is 0 Å². The van der Waals surface area contributed by atoms with Crippen molar-refractivity contribution in [2.75, 3.05) is 0 Å². The quantitative estimate of drug-likeness (QED) is 0.199. The van der Waals surface area contributed by atoms with Crippen molar-refractivity contribution in [2.45, 2.75) is 13.5 Å². The Morgan fingerprint density at radius 2 is 0.870 bits per heavy atom. The average molecular weight is 595 g/mol. The monoisotopic (exact) mass is 594 g/mol. The molecule has 5 heteroatoms. The molecule has 0 fully saturated rings. The van der Waals surface area contributed by atoms with Gasteiger partial charge in [-0.25, -0.2) is 0 Å². The molecule has 0 aliphatic carbocycles. The number of hydrogen-bond acceptors (Lipinski definition) is 3. The minimum absolute atomic E-state index is 0.507. The molecule has 6 aromatic carbocycles. The number of benzene rings is 6. The Morgan fingerprint density at radius 1 is 0.457 bits per heavy atom. The van der Waals surface area contributed by atoms with Crippen LogP contribution in [-0.2, 0) is 13.6 Å². The minimum atomic E-state index is 0.507. The van der Waals surface area contributed by atoms with Gasteiger partial charge in [-0.2, -0.15) is 0 Å². The van der Waals surface area contributed by atoms with Crippen LogP contribution in [0.4, 0.5) is 0 Å². The highest BCUT2D eigenvalue weighted by atomic mass is 16.4. The highest BCUT2D eigenvalue weighted by Crippen LogP contribution is 2.35. The van der Waals surface area contributed by atoms with Gasteiger partial charge in [-0.05, 0) is 89.8 Å².